The molecule has 0 aromatic heterocycles. The van der Waals surface area contributed by atoms with Gasteiger partial charge in [0.2, 0.25) is 11.8 Å². The summed E-state index contributed by atoms with van der Waals surface area (Å²) < 4.78 is 0. The number of aliphatic carboxylic acids is 1. The van der Waals surface area contributed by atoms with Crippen LogP contribution >= 0.6 is 9.24 Å². The first-order valence-corrected chi connectivity index (χ1v) is 18.4. The molecular weight excluding hydrogens is 545 g/mol. The number of aliphatic hydroxyl groups excluding tert-OH is 1. The molecule has 0 aromatic carbocycles. The van der Waals surface area contributed by atoms with E-state index in [9.17, 15) is 24.6 Å². The highest BCUT2D eigenvalue weighted by atomic mass is 31.0. The van der Waals surface area contributed by atoms with Crippen molar-refractivity contribution in [3.05, 3.63) is 0 Å². The summed E-state index contributed by atoms with van der Waals surface area (Å²) in [5.41, 5.74) is 0. The zero-order valence-electron chi connectivity index (χ0n) is 27.6. The van der Waals surface area contributed by atoms with E-state index in [1.54, 1.807) is 0 Å². The second kappa shape index (κ2) is 28.8. The SMILES string of the molecule is CCCCCCCCCCCCCCCC(=O)N(C(=O)CCCCCCCCCCCCCCC)C(P)(CO)C(=O)O. The molecule has 0 spiro atoms. The number of hydrogen-bond donors (Lipinski definition) is 2. The Morgan fingerprint density at radius 1 is 0.500 bits per heavy atom. The number of carbonyl (C=O) groups is 3. The largest absolute Gasteiger partial charge is 0.479 e. The first kappa shape index (κ1) is 41.0. The lowest BCUT2D eigenvalue weighted by molar-refractivity contribution is -0.162. The van der Waals surface area contributed by atoms with Gasteiger partial charge in [-0.3, -0.25) is 14.5 Å². The molecule has 2 atom stereocenters. The Labute approximate surface area is 261 Å². The van der Waals surface area contributed by atoms with E-state index in [-0.39, 0.29) is 12.8 Å². The van der Waals surface area contributed by atoms with Crippen LogP contribution in [-0.2, 0) is 14.4 Å². The zero-order valence-corrected chi connectivity index (χ0v) is 28.8. The third-order valence-corrected chi connectivity index (χ3v) is 9.19. The smallest absolute Gasteiger partial charge is 0.336 e. The number of carboxylic acid groups (broad SMARTS) is 1. The molecule has 248 valence electrons. The second-order valence-corrected chi connectivity index (χ2v) is 13.5. The summed E-state index contributed by atoms with van der Waals surface area (Å²) >= 11 is 0. The molecule has 7 heteroatoms. The van der Waals surface area contributed by atoms with Crippen LogP contribution < -0.4 is 0 Å². The Bertz CT molecular complexity index is 632. The first-order chi connectivity index (χ1) is 20.3. The van der Waals surface area contributed by atoms with Crippen molar-refractivity contribution in [2.24, 2.45) is 0 Å². The first-order valence-electron chi connectivity index (χ1n) is 17.8. The van der Waals surface area contributed by atoms with Crippen molar-refractivity contribution in [1.29, 1.82) is 0 Å². The van der Waals surface area contributed by atoms with Crippen LogP contribution in [0, 0.1) is 0 Å². The second-order valence-electron chi connectivity index (χ2n) is 12.5. The van der Waals surface area contributed by atoms with Gasteiger partial charge in [-0.1, -0.05) is 177 Å². The lowest BCUT2D eigenvalue weighted by Gasteiger charge is -2.35. The van der Waals surface area contributed by atoms with Crippen LogP contribution in [0.1, 0.15) is 194 Å². The van der Waals surface area contributed by atoms with Gasteiger partial charge in [-0.05, 0) is 12.8 Å². The molecule has 0 saturated carbocycles. The van der Waals surface area contributed by atoms with Gasteiger partial charge in [-0.15, -0.1) is 0 Å². The van der Waals surface area contributed by atoms with Crippen molar-refractivity contribution in [2.45, 2.75) is 199 Å². The van der Waals surface area contributed by atoms with Crippen LogP contribution in [0.4, 0.5) is 0 Å². The number of carboxylic acids is 1. The number of carbonyl (C=O) groups excluding carboxylic acids is 2. The monoisotopic (exact) mass is 613 g/mol. The van der Waals surface area contributed by atoms with Crippen LogP contribution in [0.2, 0.25) is 0 Å². The maximum atomic E-state index is 13.0. The highest BCUT2D eigenvalue weighted by Crippen LogP contribution is 2.27. The quantitative estimate of drug-likeness (QED) is 0.0599. The fourth-order valence-corrected chi connectivity index (χ4v) is 5.92. The molecule has 0 aliphatic carbocycles. The molecule has 0 bridgehead atoms. The third kappa shape index (κ3) is 20.8. The average molecular weight is 614 g/mol. The molecule has 2 unspecified atom stereocenters. The molecule has 0 radical (unpaired) electrons. The van der Waals surface area contributed by atoms with Gasteiger partial charge in [-0.2, -0.15) is 0 Å². The Kier molecular flexibility index (Phi) is 28.1. The average Bonchev–Trinajstić information content (AvgIpc) is 2.97. The standard InChI is InChI=1S/C35H68NO5P/c1-3-5-7-9-11-13-15-17-19-21-23-25-27-29-32(38)36(35(42,31-37)34(40)41)33(39)30-28-26-24-22-20-18-16-14-12-10-8-6-4-2/h37H,3-31,42H2,1-2H3,(H,40,41). The topological polar surface area (TPSA) is 94.9 Å². The molecule has 0 aliphatic rings. The molecule has 2 N–H and O–H groups in total. The van der Waals surface area contributed by atoms with E-state index < -0.39 is 29.7 Å². The molecule has 0 heterocycles. The lowest BCUT2D eigenvalue weighted by Crippen LogP contribution is -2.57. The lowest BCUT2D eigenvalue weighted by atomic mass is 10.0. The fourth-order valence-electron chi connectivity index (χ4n) is 5.63. The van der Waals surface area contributed by atoms with Crippen molar-refractivity contribution in [2.75, 3.05) is 6.61 Å². The Balaban J connectivity index is 4.24. The number of imide groups is 1. The molecule has 0 aromatic rings. The highest BCUT2D eigenvalue weighted by molar-refractivity contribution is 7.21. The predicted octanol–water partition coefficient (Wildman–Crippen LogP) is 9.95. The summed E-state index contributed by atoms with van der Waals surface area (Å²) in [6.07, 6.45) is 31.3. The van der Waals surface area contributed by atoms with Crippen LogP contribution in [0.5, 0.6) is 0 Å². The minimum absolute atomic E-state index is 0.130. The maximum absolute atomic E-state index is 13.0. The Morgan fingerprint density at radius 2 is 0.738 bits per heavy atom. The minimum Gasteiger partial charge on any atom is -0.479 e. The van der Waals surface area contributed by atoms with E-state index in [4.69, 9.17) is 0 Å². The number of aliphatic hydroxyl groups is 1. The van der Waals surface area contributed by atoms with Gasteiger partial charge in [0.1, 0.15) is 0 Å². The summed E-state index contributed by atoms with van der Waals surface area (Å²) in [4.78, 5) is 38.9. The highest BCUT2D eigenvalue weighted by Gasteiger charge is 2.45. The maximum Gasteiger partial charge on any atom is 0.336 e. The van der Waals surface area contributed by atoms with Crippen LogP contribution in [-0.4, -0.2) is 44.8 Å². The van der Waals surface area contributed by atoms with Gasteiger partial charge < -0.3 is 10.2 Å². The van der Waals surface area contributed by atoms with Gasteiger partial charge in [-0.25, -0.2) is 4.79 Å². The van der Waals surface area contributed by atoms with Gasteiger partial charge in [0.05, 0.1) is 6.61 Å². The Morgan fingerprint density at radius 3 is 0.952 bits per heavy atom. The minimum atomic E-state index is -2.00. The van der Waals surface area contributed by atoms with Crippen molar-refractivity contribution in [3.63, 3.8) is 0 Å². The van der Waals surface area contributed by atoms with E-state index in [0.29, 0.717) is 12.8 Å². The van der Waals surface area contributed by atoms with E-state index in [1.165, 1.54) is 116 Å². The van der Waals surface area contributed by atoms with Gasteiger partial charge >= 0.3 is 5.97 Å². The summed E-state index contributed by atoms with van der Waals surface area (Å²) in [5, 5.41) is 17.6. The number of unbranched alkanes of at least 4 members (excludes halogenated alkanes) is 24. The zero-order chi connectivity index (χ0) is 31.3. The van der Waals surface area contributed by atoms with E-state index in [1.807, 2.05) is 9.24 Å². The molecule has 0 aliphatic heterocycles. The van der Waals surface area contributed by atoms with Crippen molar-refractivity contribution >= 4 is 27.0 Å². The van der Waals surface area contributed by atoms with Gasteiger partial charge in [0.15, 0.2) is 5.28 Å². The van der Waals surface area contributed by atoms with E-state index in [2.05, 4.69) is 13.8 Å². The molecule has 0 rings (SSSR count). The van der Waals surface area contributed by atoms with Crippen molar-refractivity contribution < 1.29 is 24.6 Å². The summed E-state index contributed by atoms with van der Waals surface area (Å²) in [7, 11) is 2.05. The molecule has 0 saturated heterocycles. The Hall–Kier alpha value is -1.00. The van der Waals surface area contributed by atoms with Crippen LogP contribution in [0.15, 0.2) is 0 Å². The molecule has 6 nitrogen and oxygen atoms in total. The molecule has 42 heavy (non-hydrogen) atoms. The number of amides is 2. The predicted molar refractivity (Wildman–Crippen MR) is 180 cm³/mol. The van der Waals surface area contributed by atoms with Crippen LogP contribution in [0.3, 0.4) is 0 Å². The summed E-state index contributed by atoms with van der Waals surface area (Å²) in [5.74, 6) is -2.37. The van der Waals surface area contributed by atoms with E-state index in [0.717, 1.165) is 43.4 Å². The number of hydrogen-bond acceptors (Lipinski definition) is 4. The number of rotatable bonds is 31. The molecular formula is C35H68NO5P. The van der Waals surface area contributed by atoms with Crippen molar-refractivity contribution in [3.8, 4) is 0 Å². The summed E-state index contributed by atoms with van der Waals surface area (Å²) in [6, 6.07) is 0. The fraction of sp³-hybridized carbons (Fsp3) is 0.914. The van der Waals surface area contributed by atoms with Crippen LogP contribution in [0.25, 0.3) is 0 Å². The molecule has 0 fully saturated rings. The summed E-state index contributed by atoms with van der Waals surface area (Å²) in [6.45, 7) is 3.67. The van der Waals surface area contributed by atoms with Crippen molar-refractivity contribution in [1.82, 2.24) is 4.90 Å². The number of nitrogens with zero attached hydrogens (tertiary/aromatic N) is 1. The van der Waals surface area contributed by atoms with Gasteiger partial charge in [0.25, 0.3) is 0 Å². The normalized spacial score (nSPS) is 12.8. The third-order valence-electron chi connectivity index (χ3n) is 8.50. The van der Waals surface area contributed by atoms with Gasteiger partial charge in [0, 0.05) is 12.8 Å². The van der Waals surface area contributed by atoms with E-state index >= 15 is 0 Å². The molecule has 2 amide bonds.